The molecule has 0 aliphatic carbocycles. The number of anilines is 1. The lowest BCUT2D eigenvalue weighted by Gasteiger charge is -2.19. The van der Waals surface area contributed by atoms with Crippen molar-refractivity contribution in [2.45, 2.75) is 39.7 Å². The van der Waals surface area contributed by atoms with Crippen LogP contribution in [0.25, 0.3) is 0 Å². The van der Waals surface area contributed by atoms with Crippen molar-refractivity contribution in [3.63, 3.8) is 0 Å². The molecular formula is C14H22N2O4S. The molecule has 21 heavy (non-hydrogen) atoms. The second-order valence-corrected chi connectivity index (χ2v) is 6.54. The molecule has 1 aromatic rings. The average Bonchev–Trinajstić information content (AvgIpc) is 2.34. The number of hydrogen-bond acceptors (Lipinski definition) is 5. The summed E-state index contributed by atoms with van der Waals surface area (Å²) in [5.41, 5.74) is 0.152. The fourth-order valence-corrected chi connectivity index (χ4v) is 1.99. The van der Waals surface area contributed by atoms with E-state index >= 15 is 0 Å². The monoisotopic (exact) mass is 314 g/mol. The highest BCUT2D eigenvalue weighted by atomic mass is 32.2. The molecule has 0 radical (unpaired) electrons. The first-order valence-corrected chi connectivity index (χ1v) is 8.21. The van der Waals surface area contributed by atoms with Gasteiger partial charge in [0.05, 0.1) is 5.69 Å². The first-order valence-electron chi connectivity index (χ1n) is 6.66. The zero-order valence-corrected chi connectivity index (χ0v) is 13.9. The smallest absolute Gasteiger partial charge is 0.344 e. The predicted octanol–water partition coefficient (Wildman–Crippen LogP) is 2.07. The lowest BCUT2D eigenvalue weighted by Crippen LogP contribution is -2.27. The minimum Gasteiger partial charge on any atom is -0.480 e. The molecule has 6 nitrogen and oxygen atoms in total. The van der Waals surface area contributed by atoms with Gasteiger partial charge in [-0.2, -0.15) is 0 Å². The van der Waals surface area contributed by atoms with Gasteiger partial charge < -0.3 is 9.47 Å². The van der Waals surface area contributed by atoms with Crippen LogP contribution in [0.2, 0.25) is 0 Å². The van der Waals surface area contributed by atoms with E-state index in [9.17, 15) is 9.00 Å². The maximum Gasteiger partial charge on any atom is 0.344 e. The number of aromatic nitrogens is 1. The van der Waals surface area contributed by atoms with Crippen LogP contribution in [-0.2, 0) is 26.9 Å². The third-order valence-corrected chi connectivity index (χ3v) is 2.78. The van der Waals surface area contributed by atoms with E-state index < -0.39 is 22.6 Å². The van der Waals surface area contributed by atoms with Gasteiger partial charge in [-0.25, -0.2) is 14.0 Å². The van der Waals surface area contributed by atoms with Gasteiger partial charge in [0.2, 0.25) is 0 Å². The van der Waals surface area contributed by atoms with Crippen LogP contribution in [0, 0.1) is 0 Å². The molecule has 1 heterocycles. The van der Waals surface area contributed by atoms with E-state index in [2.05, 4.69) is 9.71 Å². The van der Waals surface area contributed by atoms with Gasteiger partial charge in [-0.05, 0) is 39.3 Å². The maximum atomic E-state index is 11.6. The molecular weight excluding hydrogens is 292 g/mol. The predicted molar refractivity (Wildman–Crippen MR) is 82.6 cm³/mol. The number of carbonyl (C=O) groups excluding carboxylic acids is 1. The van der Waals surface area contributed by atoms with Crippen molar-refractivity contribution in [1.29, 1.82) is 0 Å². The van der Waals surface area contributed by atoms with Gasteiger partial charge in [0.25, 0.3) is 0 Å². The zero-order valence-electron chi connectivity index (χ0n) is 13.1. The van der Waals surface area contributed by atoms with Crippen LogP contribution in [0.5, 0.6) is 5.75 Å². The van der Waals surface area contributed by atoms with Crippen LogP contribution in [0.4, 0.5) is 5.82 Å². The van der Waals surface area contributed by atoms with Crippen molar-refractivity contribution < 1.29 is 18.5 Å². The van der Waals surface area contributed by atoms with Crippen molar-refractivity contribution >= 4 is 22.8 Å². The van der Waals surface area contributed by atoms with Gasteiger partial charge >= 0.3 is 5.97 Å². The van der Waals surface area contributed by atoms with Crippen molar-refractivity contribution in [1.82, 2.24) is 4.98 Å². The summed E-state index contributed by atoms with van der Waals surface area (Å²) in [6, 6.07) is 3.36. The minimum absolute atomic E-state index is 0.168. The summed E-state index contributed by atoms with van der Waals surface area (Å²) in [4.78, 5) is 15.9. The van der Waals surface area contributed by atoms with E-state index in [-0.39, 0.29) is 6.61 Å². The van der Waals surface area contributed by atoms with Crippen LogP contribution in [0.15, 0.2) is 12.1 Å². The number of nitrogens with zero attached hydrogens (tertiary/aromatic N) is 1. The van der Waals surface area contributed by atoms with Gasteiger partial charge in [0, 0.05) is 6.26 Å². The third kappa shape index (κ3) is 6.57. The molecule has 0 aromatic carbocycles. The molecule has 0 amide bonds. The van der Waals surface area contributed by atoms with Gasteiger partial charge in [0.15, 0.2) is 6.61 Å². The molecule has 0 spiro atoms. The van der Waals surface area contributed by atoms with Crippen molar-refractivity contribution in [3.8, 4) is 5.75 Å². The normalized spacial score (nSPS) is 12.6. The fourth-order valence-electron chi connectivity index (χ4n) is 1.59. The summed E-state index contributed by atoms with van der Waals surface area (Å²) >= 11 is 0. The summed E-state index contributed by atoms with van der Waals surface area (Å²) in [6.45, 7) is 7.16. The molecule has 0 aliphatic heterocycles. The van der Waals surface area contributed by atoms with Crippen LogP contribution in [0.1, 0.15) is 33.4 Å². The SMILES string of the molecule is CCc1nc(NS(C)=O)ccc1OCC(=O)OC(C)(C)C. The van der Waals surface area contributed by atoms with Crippen LogP contribution < -0.4 is 9.46 Å². The fraction of sp³-hybridized carbons (Fsp3) is 0.571. The lowest BCUT2D eigenvalue weighted by molar-refractivity contribution is -0.157. The molecule has 0 fully saturated rings. The van der Waals surface area contributed by atoms with Gasteiger partial charge in [-0.3, -0.25) is 4.72 Å². The Hall–Kier alpha value is -1.63. The standard InChI is InChI=1S/C14H22N2O4S/c1-6-10-11(7-8-12(15-10)16-21(5)18)19-9-13(17)20-14(2,3)4/h7-8H,6,9H2,1-5H3,(H,15,16). The molecule has 118 valence electrons. The number of rotatable bonds is 6. The summed E-state index contributed by atoms with van der Waals surface area (Å²) in [6.07, 6.45) is 2.16. The quantitative estimate of drug-likeness (QED) is 0.813. The van der Waals surface area contributed by atoms with Crippen molar-refractivity contribution in [3.05, 3.63) is 17.8 Å². The summed E-state index contributed by atoms with van der Waals surface area (Å²) < 4.78 is 24.5. The molecule has 0 aliphatic rings. The summed E-state index contributed by atoms with van der Waals surface area (Å²) in [7, 11) is -1.18. The summed E-state index contributed by atoms with van der Waals surface area (Å²) in [5, 5.41) is 0. The van der Waals surface area contributed by atoms with Crippen LogP contribution in [0.3, 0.4) is 0 Å². The number of hydrogen-bond donors (Lipinski definition) is 1. The average molecular weight is 314 g/mol. The Labute approximate surface area is 127 Å². The molecule has 1 aromatic heterocycles. The van der Waals surface area contributed by atoms with E-state index in [1.54, 1.807) is 32.9 Å². The van der Waals surface area contributed by atoms with E-state index in [0.717, 1.165) is 0 Å². The minimum atomic E-state index is -1.18. The largest absolute Gasteiger partial charge is 0.480 e. The van der Waals surface area contributed by atoms with E-state index in [4.69, 9.17) is 9.47 Å². The number of aryl methyl sites for hydroxylation is 1. The number of carbonyl (C=O) groups is 1. The Bertz CT molecular complexity index is 526. The van der Waals surface area contributed by atoms with E-state index in [1.165, 1.54) is 6.26 Å². The summed E-state index contributed by atoms with van der Waals surface area (Å²) in [5.74, 6) is 0.606. The number of nitrogens with one attached hydrogen (secondary N) is 1. The topological polar surface area (TPSA) is 77.5 Å². The number of esters is 1. The molecule has 1 atom stereocenters. The highest BCUT2D eigenvalue weighted by Crippen LogP contribution is 2.20. The van der Waals surface area contributed by atoms with Crippen molar-refractivity contribution in [2.24, 2.45) is 0 Å². The van der Waals surface area contributed by atoms with Crippen LogP contribution >= 0.6 is 0 Å². The zero-order chi connectivity index (χ0) is 16.0. The molecule has 7 heteroatoms. The Kier molecular flexibility index (Phi) is 6.14. The molecule has 1 unspecified atom stereocenters. The first-order chi connectivity index (χ1) is 9.71. The maximum absolute atomic E-state index is 11.6. The number of ether oxygens (including phenoxy) is 2. The highest BCUT2D eigenvalue weighted by molar-refractivity contribution is 7.85. The van der Waals surface area contributed by atoms with Gasteiger partial charge in [-0.15, -0.1) is 0 Å². The Morgan fingerprint density at radius 3 is 2.57 bits per heavy atom. The second kappa shape index (κ2) is 7.40. The Morgan fingerprint density at radius 1 is 1.38 bits per heavy atom. The number of pyridine rings is 1. The lowest BCUT2D eigenvalue weighted by atomic mass is 10.2. The van der Waals surface area contributed by atoms with Crippen molar-refractivity contribution in [2.75, 3.05) is 17.6 Å². The van der Waals surface area contributed by atoms with Gasteiger partial charge in [0.1, 0.15) is 28.2 Å². The first kappa shape index (κ1) is 17.4. The molecule has 0 bridgehead atoms. The molecule has 1 N–H and O–H groups in total. The van der Waals surface area contributed by atoms with Crippen LogP contribution in [-0.4, -0.2) is 33.6 Å². The second-order valence-electron chi connectivity index (χ2n) is 5.43. The molecule has 0 saturated heterocycles. The molecule has 0 saturated carbocycles. The Morgan fingerprint density at radius 2 is 2.05 bits per heavy atom. The Balaban J connectivity index is 2.71. The third-order valence-electron chi connectivity index (χ3n) is 2.28. The highest BCUT2D eigenvalue weighted by Gasteiger charge is 2.17. The van der Waals surface area contributed by atoms with E-state index in [1.807, 2.05) is 6.92 Å². The van der Waals surface area contributed by atoms with Gasteiger partial charge in [-0.1, -0.05) is 6.92 Å². The molecule has 1 rings (SSSR count). The van der Waals surface area contributed by atoms with E-state index in [0.29, 0.717) is 23.7 Å².